The Morgan fingerprint density at radius 1 is 1.06 bits per heavy atom. The highest BCUT2D eigenvalue weighted by atomic mass is 16.5. The predicted molar refractivity (Wildman–Crippen MR) is 129 cm³/mol. The molecule has 0 aromatic heterocycles. The molecule has 0 N–H and O–H groups in total. The summed E-state index contributed by atoms with van der Waals surface area (Å²) < 4.78 is 5.54. The number of carbonyl (C=O) groups is 2. The van der Waals surface area contributed by atoms with Gasteiger partial charge in [-0.1, -0.05) is 59.5 Å². The van der Waals surface area contributed by atoms with E-state index in [0.29, 0.717) is 23.0 Å². The normalized spacial score (nSPS) is 42.0. The minimum atomic E-state index is -0.202. The van der Waals surface area contributed by atoms with Crippen LogP contribution in [0.15, 0.2) is 11.6 Å². The third-order valence-electron chi connectivity index (χ3n) is 10.4. The summed E-state index contributed by atoms with van der Waals surface area (Å²) >= 11 is 0. The van der Waals surface area contributed by atoms with Gasteiger partial charge < -0.3 is 4.74 Å². The van der Waals surface area contributed by atoms with E-state index in [-0.39, 0.29) is 23.4 Å². The van der Waals surface area contributed by atoms with Crippen LogP contribution in [-0.4, -0.2) is 17.9 Å². The number of rotatable bonds is 6. The zero-order chi connectivity index (χ0) is 23.3. The Balaban J connectivity index is 1.52. The van der Waals surface area contributed by atoms with E-state index in [9.17, 15) is 9.59 Å². The Labute approximate surface area is 196 Å². The van der Waals surface area contributed by atoms with Gasteiger partial charge in [-0.2, -0.15) is 0 Å². The van der Waals surface area contributed by atoms with E-state index in [1.54, 1.807) is 0 Å². The molecule has 0 aromatic rings. The van der Waals surface area contributed by atoms with Crippen LogP contribution in [0.2, 0.25) is 0 Å². The Hall–Kier alpha value is -1.12. The van der Waals surface area contributed by atoms with Gasteiger partial charge >= 0.3 is 5.97 Å². The zero-order valence-corrected chi connectivity index (χ0v) is 21.4. The van der Waals surface area contributed by atoms with Crippen molar-refractivity contribution in [1.29, 1.82) is 0 Å². The topological polar surface area (TPSA) is 43.4 Å². The van der Waals surface area contributed by atoms with Crippen LogP contribution in [0.4, 0.5) is 0 Å². The lowest BCUT2D eigenvalue weighted by Crippen LogP contribution is -2.53. The fourth-order valence-corrected chi connectivity index (χ4v) is 8.73. The molecule has 3 heteroatoms. The zero-order valence-electron chi connectivity index (χ0n) is 21.4. The van der Waals surface area contributed by atoms with Crippen molar-refractivity contribution < 1.29 is 14.3 Å². The number of allylic oxidation sites excluding steroid dienone is 1. The molecule has 3 saturated carbocycles. The highest BCUT2D eigenvalue weighted by molar-refractivity contribution is 5.94. The first-order valence-corrected chi connectivity index (χ1v) is 13.5. The fourth-order valence-electron chi connectivity index (χ4n) is 8.73. The lowest BCUT2D eigenvalue weighted by molar-refractivity contribution is -0.149. The van der Waals surface area contributed by atoms with Gasteiger partial charge in [-0.15, -0.1) is 0 Å². The van der Waals surface area contributed by atoms with Gasteiger partial charge in [0.2, 0.25) is 0 Å². The lowest BCUT2D eigenvalue weighted by Gasteiger charge is -2.57. The van der Waals surface area contributed by atoms with Crippen LogP contribution in [0.3, 0.4) is 0 Å². The summed E-state index contributed by atoms with van der Waals surface area (Å²) in [5.41, 5.74) is 1.70. The fraction of sp³-hybridized carbons (Fsp3) is 0.862. The van der Waals surface area contributed by atoms with Crippen LogP contribution in [-0.2, 0) is 14.3 Å². The second-order valence-electron chi connectivity index (χ2n) is 12.7. The van der Waals surface area contributed by atoms with Crippen molar-refractivity contribution in [3.8, 4) is 0 Å². The van der Waals surface area contributed by atoms with Crippen LogP contribution in [0, 0.1) is 46.3 Å². The van der Waals surface area contributed by atoms with Gasteiger partial charge in [0.1, 0.15) is 6.10 Å². The van der Waals surface area contributed by atoms with Crippen molar-refractivity contribution in [3.05, 3.63) is 11.6 Å². The molecule has 4 aliphatic carbocycles. The molecule has 8 atom stereocenters. The van der Waals surface area contributed by atoms with E-state index >= 15 is 0 Å². The van der Waals surface area contributed by atoms with Gasteiger partial charge in [0.05, 0.1) is 0 Å². The third-order valence-corrected chi connectivity index (χ3v) is 10.4. The van der Waals surface area contributed by atoms with Gasteiger partial charge in [-0.3, -0.25) is 9.59 Å². The van der Waals surface area contributed by atoms with E-state index in [0.717, 1.165) is 37.0 Å². The second-order valence-corrected chi connectivity index (χ2v) is 12.7. The monoisotopic (exact) mass is 442 g/mol. The summed E-state index contributed by atoms with van der Waals surface area (Å²) in [6, 6.07) is 0. The Kier molecular flexibility index (Phi) is 6.69. The smallest absolute Gasteiger partial charge is 0.302 e. The summed E-state index contributed by atoms with van der Waals surface area (Å²) in [6.07, 6.45) is 13.7. The SMILES string of the molecule is CC(=O)OC1CC[C@@]2(C)C(=CC(=O)[C@H]3[C@@H]4CC[C@H]([C@H](C)CCCC(C)C)[C@@]4(C)CC[C@@H]32)C1. The molecule has 0 aliphatic heterocycles. The summed E-state index contributed by atoms with van der Waals surface area (Å²) in [5, 5.41) is 0. The van der Waals surface area contributed by atoms with E-state index in [1.165, 1.54) is 57.4 Å². The maximum atomic E-state index is 13.6. The van der Waals surface area contributed by atoms with E-state index < -0.39 is 0 Å². The molecule has 4 aliphatic rings. The summed E-state index contributed by atoms with van der Waals surface area (Å²) in [4.78, 5) is 25.1. The molecule has 0 amide bonds. The van der Waals surface area contributed by atoms with Crippen LogP contribution in [0.25, 0.3) is 0 Å². The molecule has 4 rings (SSSR count). The Bertz CT molecular complexity index is 766. The molecule has 0 saturated heterocycles. The van der Waals surface area contributed by atoms with Crippen LogP contribution in [0.1, 0.15) is 106 Å². The second kappa shape index (κ2) is 8.91. The van der Waals surface area contributed by atoms with Crippen LogP contribution >= 0.6 is 0 Å². The molecule has 32 heavy (non-hydrogen) atoms. The van der Waals surface area contributed by atoms with Gasteiger partial charge in [0, 0.05) is 19.3 Å². The Morgan fingerprint density at radius 2 is 1.81 bits per heavy atom. The number of carbonyl (C=O) groups excluding carboxylic acids is 2. The van der Waals surface area contributed by atoms with Crippen LogP contribution < -0.4 is 0 Å². The Morgan fingerprint density at radius 3 is 2.50 bits per heavy atom. The third kappa shape index (κ3) is 4.11. The lowest BCUT2D eigenvalue weighted by atomic mass is 9.46. The maximum Gasteiger partial charge on any atom is 0.302 e. The predicted octanol–water partition coefficient (Wildman–Crippen LogP) is 7.14. The van der Waals surface area contributed by atoms with Crippen molar-refractivity contribution in [2.75, 3.05) is 0 Å². The average molecular weight is 443 g/mol. The number of hydrogen-bond acceptors (Lipinski definition) is 3. The van der Waals surface area contributed by atoms with E-state index in [1.807, 2.05) is 6.08 Å². The minimum absolute atomic E-state index is 0.0485. The molecular weight excluding hydrogens is 396 g/mol. The minimum Gasteiger partial charge on any atom is -0.462 e. The standard InChI is InChI=1S/C29H46O3/c1-18(2)8-7-9-19(3)23-10-11-24-27-25(13-15-29(23,24)6)28(5)14-12-22(32-20(4)30)16-21(28)17-26(27)31/h17-19,22-25,27H,7-16H2,1-6H3/t19-,22?,23-,24+,25+,27+,28+,29-/m1/s1. The van der Waals surface area contributed by atoms with E-state index in [4.69, 9.17) is 4.74 Å². The molecule has 0 heterocycles. The largest absolute Gasteiger partial charge is 0.462 e. The molecule has 1 unspecified atom stereocenters. The molecule has 0 aromatic carbocycles. The molecule has 3 fully saturated rings. The van der Waals surface area contributed by atoms with Crippen LogP contribution in [0.5, 0.6) is 0 Å². The van der Waals surface area contributed by atoms with Crippen molar-refractivity contribution in [2.45, 2.75) is 112 Å². The van der Waals surface area contributed by atoms with Crippen molar-refractivity contribution >= 4 is 11.8 Å². The summed E-state index contributed by atoms with van der Waals surface area (Å²) in [5.74, 6) is 3.74. The highest BCUT2D eigenvalue weighted by Gasteiger charge is 2.61. The van der Waals surface area contributed by atoms with Gasteiger partial charge in [-0.25, -0.2) is 0 Å². The maximum absolute atomic E-state index is 13.6. The molecule has 0 spiro atoms. The number of esters is 1. The molecule has 0 bridgehead atoms. The van der Waals surface area contributed by atoms with Crippen molar-refractivity contribution in [2.24, 2.45) is 46.3 Å². The number of fused-ring (bicyclic) bond motifs is 5. The van der Waals surface area contributed by atoms with Gasteiger partial charge in [0.25, 0.3) is 0 Å². The van der Waals surface area contributed by atoms with E-state index in [2.05, 4.69) is 34.6 Å². The quantitative estimate of drug-likeness (QED) is 0.411. The summed E-state index contributed by atoms with van der Waals surface area (Å²) in [7, 11) is 0. The van der Waals surface area contributed by atoms with Crippen molar-refractivity contribution in [1.82, 2.24) is 0 Å². The number of hydrogen-bond donors (Lipinski definition) is 0. The average Bonchev–Trinajstić information content (AvgIpc) is 3.05. The number of ether oxygens (including phenoxy) is 1. The highest BCUT2D eigenvalue weighted by Crippen LogP contribution is 2.66. The summed E-state index contributed by atoms with van der Waals surface area (Å²) in [6.45, 7) is 13.6. The first kappa shape index (κ1) is 24.0. The molecule has 3 nitrogen and oxygen atoms in total. The number of ketones is 1. The van der Waals surface area contributed by atoms with Crippen molar-refractivity contribution in [3.63, 3.8) is 0 Å². The van der Waals surface area contributed by atoms with Gasteiger partial charge in [-0.05, 0) is 85.0 Å². The first-order chi connectivity index (χ1) is 15.1. The molecular formula is C29H46O3. The molecule has 180 valence electrons. The molecule has 0 radical (unpaired) electrons. The first-order valence-electron chi connectivity index (χ1n) is 13.5. The van der Waals surface area contributed by atoms with Gasteiger partial charge in [0.15, 0.2) is 5.78 Å².